The first-order valence-corrected chi connectivity index (χ1v) is 5.68. The molecule has 0 heterocycles. The third-order valence-electron chi connectivity index (χ3n) is 3.01. The van der Waals surface area contributed by atoms with Crippen molar-refractivity contribution in [3.05, 3.63) is 59.2 Å². The SMILES string of the molecule is ClCc1ccc2c(c1)Cc1ccccc1-2. The van der Waals surface area contributed by atoms with E-state index >= 15 is 0 Å². The first-order valence-electron chi connectivity index (χ1n) is 5.14. The van der Waals surface area contributed by atoms with E-state index in [1.165, 1.54) is 27.8 Å². The van der Waals surface area contributed by atoms with Crippen LogP contribution >= 0.6 is 11.6 Å². The summed E-state index contributed by atoms with van der Waals surface area (Å²) >= 11 is 5.84. The quantitative estimate of drug-likeness (QED) is 0.538. The van der Waals surface area contributed by atoms with Crippen LogP contribution in [0.5, 0.6) is 0 Å². The van der Waals surface area contributed by atoms with Gasteiger partial charge in [0.25, 0.3) is 0 Å². The van der Waals surface area contributed by atoms with Gasteiger partial charge in [-0.2, -0.15) is 0 Å². The molecule has 1 aliphatic rings. The highest BCUT2D eigenvalue weighted by molar-refractivity contribution is 6.17. The van der Waals surface area contributed by atoms with Gasteiger partial charge >= 0.3 is 0 Å². The van der Waals surface area contributed by atoms with E-state index in [0.717, 1.165) is 6.42 Å². The van der Waals surface area contributed by atoms with Crippen molar-refractivity contribution in [3.63, 3.8) is 0 Å². The minimum absolute atomic E-state index is 0.601. The van der Waals surface area contributed by atoms with Crippen molar-refractivity contribution in [2.75, 3.05) is 0 Å². The fraction of sp³-hybridized carbons (Fsp3) is 0.143. The topological polar surface area (TPSA) is 0 Å². The molecule has 0 atom stereocenters. The van der Waals surface area contributed by atoms with Crippen LogP contribution in [0, 0.1) is 0 Å². The smallest absolute Gasteiger partial charge is 0.0474 e. The number of hydrogen-bond donors (Lipinski definition) is 0. The minimum Gasteiger partial charge on any atom is -0.122 e. The van der Waals surface area contributed by atoms with Gasteiger partial charge in [0.1, 0.15) is 0 Å². The predicted molar refractivity (Wildman–Crippen MR) is 64.2 cm³/mol. The Kier molecular flexibility index (Phi) is 2.03. The van der Waals surface area contributed by atoms with Crippen molar-refractivity contribution in [2.45, 2.75) is 12.3 Å². The van der Waals surface area contributed by atoms with Gasteiger partial charge in [0.2, 0.25) is 0 Å². The molecule has 0 amide bonds. The molecule has 1 aliphatic carbocycles. The van der Waals surface area contributed by atoms with E-state index in [1.807, 2.05) is 0 Å². The molecule has 0 unspecified atom stereocenters. The van der Waals surface area contributed by atoms with Crippen LogP contribution in [0.15, 0.2) is 42.5 Å². The molecule has 0 bridgehead atoms. The van der Waals surface area contributed by atoms with E-state index < -0.39 is 0 Å². The van der Waals surface area contributed by atoms with Crippen LogP contribution in [-0.4, -0.2) is 0 Å². The van der Waals surface area contributed by atoms with Gasteiger partial charge in [-0.1, -0.05) is 42.5 Å². The monoisotopic (exact) mass is 214 g/mol. The highest BCUT2D eigenvalue weighted by Crippen LogP contribution is 2.36. The van der Waals surface area contributed by atoms with Crippen LogP contribution in [0.25, 0.3) is 11.1 Å². The second-order valence-corrected chi connectivity index (χ2v) is 4.23. The largest absolute Gasteiger partial charge is 0.122 e. The Morgan fingerprint density at radius 3 is 2.60 bits per heavy atom. The van der Waals surface area contributed by atoms with Gasteiger partial charge in [-0.05, 0) is 34.2 Å². The fourth-order valence-corrected chi connectivity index (χ4v) is 2.45. The molecule has 0 N–H and O–H groups in total. The lowest BCUT2D eigenvalue weighted by Crippen LogP contribution is -1.83. The second kappa shape index (κ2) is 3.39. The van der Waals surface area contributed by atoms with E-state index in [4.69, 9.17) is 11.6 Å². The summed E-state index contributed by atoms with van der Waals surface area (Å²) in [5.41, 5.74) is 6.81. The van der Waals surface area contributed by atoms with E-state index in [0.29, 0.717) is 5.88 Å². The molecule has 0 radical (unpaired) electrons. The van der Waals surface area contributed by atoms with Gasteiger partial charge in [0.05, 0.1) is 0 Å². The molecule has 2 aromatic rings. The summed E-state index contributed by atoms with van der Waals surface area (Å²) in [5.74, 6) is 0.601. The summed E-state index contributed by atoms with van der Waals surface area (Å²) in [7, 11) is 0. The van der Waals surface area contributed by atoms with Gasteiger partial charge in [0, 0.05) is 5.88 Å². The second-order valence-electron chi connectivity index (χ2n) is 3.96. The van der Waals surface area contributed by atoms with Gasteiger partial charge in [0.15, 0.2) is 0 Å². The molecule has 3 rings (SSSR count). The third kappa shape index (κ3) is 1.37. The van der Waals surface area contributed by atoms with Gasteiger partial charge in [-0.15, -0.1) is 11.6 Å². The Labute approximate surface area is 94.5 Å². The van der Waals surface area contributed by atoms with Crippen molar-refractivity contribution in [1.29, 1.82) is 0 Å². The average Bonchev–Trinajstić information content (AvgIpc) is 2.66. The molecule has 0 fully saturated rings. The summed E-state index contributed by atoms with van der Waals surface area (Å²) in [6.45, 7) is 0. The summed E-state index contributed by atoms with van der Waals surface area (Å²) in [5, 5.41) is 0. The highest BCUT2D eigenvalue weighted by Gasteiger charge is 2.17. The maximum atomic E-state index is 5.84. The molecular formula is C14H11Cl. The summed E-state index contributed by atoms with van der Waals surface area (Å²) in [6, 6.07) is 15.1. The van der Waals surface area contributed by atoms with Crippen LogP contribution in [0.4, 0.5) is 0 Å². The van der Waals surface area contributed by atoms with Gasteiger partial charge in [-0.25, -0.2) is 0 Å². The van der Waals surface area contributed by atoms with E-state index in [-0.39, 0.29) is 0 Å². The molecular weight excluding hydrogens is 204 g/mol. The molecule has 0 saturated carbocycles. The van der Waals surface area contributed by atoms with E-state index in [1.54, 1.807) is 0 Å². The lowest BCUT2D eigenvalue weighted by atomic mass is 10.0. The zero-order valence-electron chi connectivity index (χ0n) is 8.33. The van der Waals surface area contributed by atoms with Crippen LogP contribution in [-0.2, 0) is 12.3 Å². The first kappa shape index (κ1) is 8.99. The number of hydrogen-bond acceptors (Lipinski definition) is 0. The lowest BCUT2D eigenvalue weighted by Gasteiger charge is -2.02. The molecule has 0 saturated heterocycles. The summed E-state index contributed by atoms with van der Waals surface area (Å²) in [6.07, 6.45) is 1.05. The van der Waals surface area contributed by atoms with E-state index in [2.05, 4.69) is 42.5 Å². The van der Waals surface area contributed by atoms with Crippen LogP contribution in [0.2, 0.25) is 0 Å². The molecule has 15 heavy (non-hydrogen) atoms. The van der Waals surface area contributed by atoms with Gasteiger partial charge in [-0.3, -0.25) is 0 Å². The molecule has 74 valence electrons. The zero-order valence-corrected chi connectivity index (χ0v) is 9.09. The maximum Gasteiger partial charge on any atom is 0.0474 e. The van der Waals surface area contributed by atoms with Crippen molar-refractivity contribution >= 4 is 11.6 Å². The van der Waals surface area contributed by atoms with Crippen molar-refractivity contribution in [1.82, 2.24) is 0 Å². The molecule has 1 heteroatoms. The normalized spacial score (nSPS) is 12.3. The lowest BCUT2D eigenvalue weighted by molar-refractivity contribution is 1.24. The number of halogens is 1. The van der Waals surface area contributed by atoms with Crippen LogP contribution in [0.3, 0.4) is 0 Å². The van der Waals surface area contributed by atoms with Gasteiger partial charge < -0.3 is 0 Å². The maximum absolute atomic E-state index is 5.84. The highest BCUT2D eigenvalue weighted by atomic mass is 35.5. The molecule has 0 aliphatic heterocycles. The van der Waals surface area contributed by atoms with E-state index in [9.17, 15) is 0 Å². The number of fused-ring (bicyclic) bond motifs is 3. The standard InChI is InChI=1S/C14H11Cl/c15-9-10-5-6-14-12(7-10)8-11-3-1-2-4-13(11)14/h1-7H,8-9H2. The zero-order chi connectivity index (χ0) is 10.3. The Morgan fingerprint density at radius 1 is 0.933 bits per heavy atom. The Hall–Kier alpha value is -1.27. The summed E-state index contributed by atoms with van der Waals surface area (Å²) in [4.78, 5) is 0. The fourth-order valence-electron chi connectivity index (χ4n) is 2.28. The third-order valence-corrected chi connectivity index (χ3v) is 3.32. The molecule has 0 spiro atoms. The molecule has 0 aromatic heterocycles. The first-order chi connectivity index (χ1) is 7.38. The number of benzene rings is 2. The number of rotatable bonds is 1. The van der Waals surface area contributed by atoms with Crippen molar-refractivity contribution < 1.29 is 0 Å². The number of alkyl halides is 1. The Balaban J connectivity index is 2.18. The predicted octanol–water partition coefficient (Wildman–Crippen LogP) is 4.00. The average molecular weight is 215 g/mol. The van der Waals surface area contributed by atoms with Crippen LogP contribution < -0.4 is 0 Å². The summed E-state index contributed by atoms with van der Waals surface area (Å²) < 4.78 is 0. The van der Waals surface area contributed by atoms with Crippen LogP contribution in [0.1, 0.15) is 16.7 Å². The van der Waals surface area contributed by atoms with Crippen molar-refractivity contribution in [2.24, 2.45) is 0 Å². The minimum atomic E-state index is 0.601. The Bertz CT molecular complexity index is 514. The molecule has 0 nitrogen and oxygen atoms in total. The Morgan fingerprint density at radius 2 is 1.73 bits per heavy atom. The van der Waals surface area contributed by atoms with Crippen molar-refractivity contribution in [3.8, 4) is 11.1 Å². The molecule has 2 aromatic carbocycles.